The Balaban J connectivity index is 1.75. The Hall–Kier alpha value is -1.06. The Labute approximate surface area is 152 Å². The molecule has 3 aliphatic rings. The van der Waals surface area contributed by atoms with Crippen molar-refractivity contribution in [3.05, 3.63) is 0 Å². The summed E-state index contributed by atoms with van der Waals surface area (Å²) in [6.45, 7) is 12.9. The number of ether oxygens (including phenoxy) is 1. The van der Waals surface area contributed by atoms with Gasteiger partial charge in [-0.1, -0.05) is 41.5 Å². The van der Waals surface area contributed by atoms with Gasteiger partial charge in [0, 0.05) is 24.3 Å². The van der Waals surface area contributed by atoms with Crippen molar-refractivity contribution in [2.75, 3.05) is 0 Å². The van der Waals surface area contributed by atoms with E-state index in [1.54, 1.807) is 0 Å². The molecule has 1 N–H and O–H groups in total. The number of rotatable bonds is 2. The van der Waals surface area contributed by atoms with Crippen LogP contribution in [0.4, 0.5) is 0 Å². The fraction of sp³-hybridized carbons (Fsp3) is 0.905. The van der Waals surface area contributed by atoms with Crippen LogP contribution in [0.25, 0.3) is 0 Å². The molecular weight excluding hydrogens is 314 g/mol. The quantitative estimate of drug-likeness (QED) is 0.769. The summed E-state index contributed by atoms with van der Waals surface area (Å²) in [6.07, 6.45) is 5.00. The van der Waals surface area contributed by atoms with E-state index in [1.165, 1.54) is 6.42 Å². The van der Waals surface area contributed by atoms with Crippen molar-refractivity contribution in [2.24, 2.45) is 34.5 Å². The van der Waals surface area contributed by atoms with Gasteiger partial charge in [0.05, 0.1) is 5.92 Å². The number of hydrogen-bond acceptors (Lipinski definition) is 3. The Morgan fingerprint density at radius 1 is 1.24 bits per heavy atom. The Bertz CT molecular complexity index is 552. The van der Waals surface area contributed by atoms with Crippen LogP contribution in [-0.4, -0.2) is 24.0 Å². The molecule has 1 amide bonds. The molecule has 3 rings (SSSR count). The Morgan fingerprint density at radius 2 is 1.88 bits per heavy atom. The highest BCUT2D eigenvalue weighted by atomic mass is 16.6. The maximum absolute atomic E-state index is 12.4. The van der Waals surface area contributed by atoms with E-state index in [0.29, 0.717) is 24.2 Å². The number of carbonyl (C=O) groups is 2. The molecule has 1 heterocycles. The van der Waals surface area contributed by atoms with E-state index in [0.717, 1.165) is 19.3 Å². The van der Waals surface area contributed by atoms with Gasteiger partial charge >= 0.3 is 5.97 Å². The zero-order chi connectivity index (χ0) is 18.6. The van der Waals surface area contributed by atoms with E-state index in [1.807, 2.05) is 6.92 Å². The van der Waals surface area contributed by atoms with E-state index in [2.05, 4.69) is 39.9 Å². The van der Waals surface area contributed by atoms with Gasteiger partial charge in [-0.2, -0.15) is 0 Å². The maximum Gasteiger partial charge on any atom is 0.309 e. The summed E-state index contributed by atoms with van der Waals surface area (Å²) >= 11 is 0. The highest BCUT2D eigenvalue weighted by Crippen LogP contribution is 2.57. The second-order valence-electron chi connectivity index (χ2n) is 10.4. The van der Waals surface area contributed by atoms with Gasteiger partial charge < -0.3 is 10.1 Å². The van der Waals surface area contributed by atoms with Crippen molar-refractivity contribution < 1.29 is 14.3 Å². The molecule has 0 aromatic carbocycles. The smallest absolute Gasteiger partial charge is 0.309 e. The zero-order valence-electron chi connectivity index (χ0n) is 16.7. The van der Waals surface area contributed by atoms with E-state index in [-0.39, 0.29) is 40.8 Å². The molecule has 4 nitrogen and oxygen atoms in total. The molecule has 1 aliphatic heterocycles. The molecule has 7 atom stereocenters. The lowest BCUT2D eigenvalue weighted by molar-refractivity contribution is -0.154. The summed E-state index contributed by atoms with van der Waals surface area (Å²) in [5, 5.41) is 3.30. The monoisotopic (exact) mass is 349 g/mol. The van der Waals surface area contributed by atoms with E-state index in [4.69, 9.17) is 4.74 Å². The van der Waals surface area contributed by atoms with Gasteiger partial charge in [0.15, 0.2) is 0 Å². The van der Waals surface area contributed by atoms with Crippen molar-refractivity contribution >= 4 is 11.9 Å². The molecule has 0 aromatic rings. The van der Waals surface area contributed by atoms with Crippen molar-refractivity contribution in [3.8, 4) is 0 Å². The SMILES string of the molecule is C[C@H]1[C@@H]2[C@H]3OC(=O)[C@@H](C)[C@@H]3CC[C@@]2(C)CC[C@@H]1NC(=O)CC(C)(C)C. The van der Waals surface area contributed by atoms with Gasteiger partial charge in [0.1, 0.15) is 6.10 Å². The third-order valence-corrected chi connectivity index (χ3v) is 7.16. The summed E-state index contributed by atoms with van der Waals surface area (Å²) in [7, 11) is 0. The zero-order valence-corrected chi connectivity index (χ0v) is 16.7. The van der Waals surface area contributed by atoms with Crippen molar-refractivity contribution in [1.82, 2.24) is 5.32 Å². The maximum atomic E-state index is 12.4. The van der Waals surface area contributed by atoms with Crippen LogP contribution in [0.1, 0.15) is 73.6 Å². The first-order chi connectivity index (χ1) is 11.5. The van der Waals surface area contributed by atoms with Gasteiger partial charge in [-0.15, -0.1) is 0 Å². The highest BCUT2D eigenvalue weighted by molar-refractivity contribution is 5.77. The number of nitrogens with one attached hydrogen (secondary N) is 1. The summed E-state index contributed by atoms with van der Waals surface area (Å²) in [5.41, 5.74) is 0.235. The van der Waals surface area contributed by atoms with Crippen LogP contribution >= 0.6 is 0 Å². The molecule has 0 aromatic heterocycles. The minimum Gasteiger partial charge on any atom is -0.462 e. The second-order valence-corrected chi connectivity index (χ2v) is 10.4. The number of esters is 1. The lowest BCUT2D eigenvalue weighted by Crippen LogP contribution is -2.57. The molecule has 4 heteroatoms. The molecule has 2 saturated carbocycles. The molecule has 0 spiro atoms. The van der Waals surface area contributed by atoms with Crippen molar-refractivity contribution in [1.29, 1.82) is 0 Å². The van der Waals surface area contributed by atoms with Crippen LogP contribution in [0, 0.1) is 34.5 Å². The van der Waals surface area contributed by atoms with E-state index >= 15 is 0 Å². The summed E-state index contributed by atoms with van der Waals surface area (Å²) < 4.78 is 5.86. The first kappa shape index (κ1) is 18.7. The molecule has 1 saturated heterocycles. The lowest BCUT2D eigenvalue weighted by Gasteiger charge is -2.54. The molecule has 0 bridgehead atoms. The van der Waals surface area contributed by atoms with Crippen LogP contribution in [0.5, 0.6) is 0 Å². The minimum atomic E-state index is -0.0228. The summed E-state index contributed by atoms with van der Waals surface area (Å²) in [6, 6.07) is 0.196. The third-order valence-electron chi connectivity index (χ3n) is 7.16. The van der Waals surface area contributed by atoms with Gasteiger partial charge in [0.2, 0.25) is 5.91 Å². The second kappa shape index (κ2) is 6.28. The van der Waals surface area contributed by atoms with Gasteiger partial charge in [-0.25, -0.2) is 0 Å². The average Bonchev–Trinajstić information content (AvgIpc) is 2.75. The molecule has 0 radical (unpaired) electrons. The predicted molar refractivity (Wildman–Crippen MR) is 97.8 cm³/mol. The third kappa shape index (κ3) is 3.46. The molecule has 142 valence electrons. The van der Waals surface area contributed by atoms with Crippen LogP contribution in [-0.2, 0) is 14.3 Å². The number of amides is 1. The largest absolute Gasteiger partial charge is 0.462 e. The molecule has 0 unspecified atom stereocenters. The first-order valence-electron chi connectivity index (χ1n) is 10.0. The normalized spacial score (nSPS) is 43.8. The average molecular weight is 350 g/mol. The topological polar surface area (TPSA) is 55.4 Å². The molecule has 2 aliphatic carbocycles. The van der Waals surface area contributed by atoms with Crippen LogP contribution < -0.4 is 5.32 Å². The number of fused-ring (bicyclic) bond motifs is 3. The van der Waals surface area contributed by atoms with Gasteiger partial charge in [-0.05, 0) is 42.4 Å². The van der Waals surface area contributed by atoms with E-state index < -0.39 is 0 Å². The molecular formula is C21H35NO3. The van der Waals surface area contributed by atoms with Crippen LogP contribution in [0.3, 0.4) is 0 Å². The van der Waals surface area contributed by atoms with E-state index in [9.17, 15) is 9.59 Å². The number of carbonyl (C=O) groups excluding carboxylic acids is 2. The van der Waals surface area contributed by atoms with Gasteiger partial charge in [-0.3, -0.25) is 9.59 Å². The van der Waals surface area contributed by atoms with Crippen LogP contribution in [0.15, 0.2) is 0 Å². The molecule has 3 fully saturated rings. The predicted octanol–water partition coefficient (Wildman–Crippen LogP) is 3.93. The standard InChI is InChI=1S/C21H35NO3/c1-12-14-7-9-21(6)10-8-15(22-16(23)11-20(3,4)5)13(2)17(21)18(14)25-19(12)24/h12-15,17-18H,7-11H2,1-6H3,(H,22,23)/t12-,13+,14-,15-,17+,18-,21-/m0/s1. The first-order valence-corrected chi connectivity index (χ1v) is 10.0. The Kier molecular flexibility index (Phi) is 4.70. The number of hydrogen-bond donors (Lipinski definition) is 1. The summed E-state index contributed by atoms with van der Waals surface area (Å²) in [5.74, 6) is 1.21. The van der Waals surface area contributed by atoms with Gasteiger partial charge in [0.25, 0.3) is 0 Å². The lowest BCUT2D eigenvalue weighted by atomic mass is 9.52. The highest BCUT2D eigenvalue weighted by Gasteiger charge is 2.58. The fourth-order valence-electron chi connectivity index (χ4n) is 5.77. The van der Waals surface area contributed by atoms with Crippen molar-refractivity contribution in [2.45, 2.75) is 85.8 Å². The summed E-state index contributed by atoms with van der Waals surface area (Å²) in [4.78, 5) is 24.6. The molecule has 25 heavy (non-hydrogen) atoms. The fourth-order valence-corrected chi connectivity index (χ4v) is 5.77. The van der Waals surface area contributed by atoms with Crippen molar-refractivity contribution in [3.63, 3.8) is 0 Å². The Morgan fingerprint density at radius 3 is 2.52 bits per heavy atom. The minimum absolute atomic E-state index is 0.00283. The van der Waals surface area contributed by atoms with Crippen LogP contribution in [0.2, 0.25) is 0 Å².